The first-order valence-corrected chi connectivity index (χ1v) is 8.06. The summed E-state index contributed by atoms with van der Waals surface area (Å²) in [6, 6.07) is 0.258. The molecule has 1 saturated carbocycles. The molecule has 1 aliphatic carbocycles. The lowest BCUT2D eigenvalue weighted by Gasteiger charge is -2.40. The Labute approximate surface area is 124 Å². The first-order chi connectivity index (χ1) is 10.1. The number of hydrogen-bond acceptors (Lipinski definition) is 3. The standard InChI is InChI=1S/C15H24N2O4/c18-8-2-7-16(10-3-1-4-10)15(21)17-11-5-6-13(17)12(9-11)14(19)20/h10-13,18H,1-9H2,(H,19,20). The fourth-order valence-corrected chi connectivity index (χ4v) is 4.07. The molecule has 0 aromatic carbocycles. The lowest BCUT2D eigenvalue weighted by atomic mass is 9.89. The molecule has 2 aliphatic heterocycles. The van der Waals surface area contributed by atoms with Crippen LogP contribution in [0.25, 0.3) is 0 Å². The molecule has 2 saturated heterocycles. The Kier molecular flexibility index (Phi) is 4.06. The normalized spacial score (nSPS) is 31.3. The topological polar surface area (TPSA) is 81.1 Å². The van der Waals surface area contributed by atoms with Gasteiger partial charge in [0.05, 0.1) is 5.92 Å². The molecule has 0 spiro atoms. The Balaban J connectivity index is 1.72. The van der Waals surface area contributed by atoms with Gasteiger partial charge in [-0.25, -0.2) is 4.79 Å². The van der Waals surface area contributed by atoms with E-state index in [1.54, 1.807) is 0 Å². The summed E-state index contributed by atoms with van der Waals surface area (Å²) in [5, 5.41) is 18.3. The van der Waals surface area contributed by atoms with Gasteiger partial charge in [0.15, 0.2) is 0 Å². The summed E-state index contributed by atoms with van der Waals surface area (Å²) in [4.78, 5) is 27.9. The van der Waals surface area contributed by atoms with E-state index in [1.165, 1.54) is 0 Å². The summed E-state index contributed by atoms with van der Waals surface area (Å²) in [5.41, 5.74) is 0. The van der Waals surface area contributed by atoms with Gasteiger partial charge in [0.1, 0.15) is 0 Å². The SMILES string of the molecule is O=C(O)C1CC2CCC1N2C(=O)N(CCCO)C1CCC1. The van der Waals surface area contributed by atoms with E-state index < -0.39 is 11.9 Å². The maximum Gasteiger partial charge on any atom is 0.320 e. The summed E-state index contributed by atoms with van der Waals surface area (Å²) in [7, 11) is 0. The zero-order chi connectivity index (χ0) is 15.0. The minimum absolute atomic E-state index is 0.00407. The monoisotopic (exact) mass is 296 g/mol. The molecule has 3 unspecified atom stereocenters. The number of carbonyl (C=O) groups is 2. The maximum atomic E-state index is 12.9. The van der Waals surface area contributed by atoms with E-state index in [-0.39, 0.29) is 30.8 Å². The Morgan fingerprint density at radius 2 is 1.95 bits per heavy atom. The molecule has 6 heteroatoms. The smallest absolute Gasteiger partial charge is 0.320 e. The number of carboxylic acid groups (broad SMARTS) is 1. The molecule has 118 valence electrons. The van der Waals surface area contributed by atoms with E-state index in [0.717, 1.165) is 32.1 Å². The van der Waals surface area contributed by atoms with E-state index in [0.29, 0.717) is 19.4 Å². The van der Waals surface area contributed by atoms with Gasteiger partial charge in [0.2, 0.25) is 0 Å². The van der Waals surface area contributed by atoms with Gasteiger partial charge in [-0.2, -0.15) is 0 Å². The number of aliphatic carboxylic acids is 1. The highest BCUT2D eigenvalue weighted by atomic mass is 16.4. The van der Waals surface area contributed by atoms with E-state index in [4.69, 9.17) is 5.11 Å². The van der Waals surface area contributed by atoms with E-state index in [9.17, 15) is 14.7 Å². The van der Waals surface area contributed by atoms with Crippen LogP contribution in [0.2, 0.25) is 0 Å². The molecule has 3 aliphatic rings. The lowest BCUT2D eigenvalue weighted by molar-refractivity contribution is -0.142. The number of carbonyl (C=O) groups excluding carboxylic acids is 1. The van der Waals surface area contributed by atoms with Crippen molar-refractivity contribution in [2.45, 2.75) is 63.1 Å². The number of aliphatic hydroxyl groups excluding tert-OH is 1. The van der Waals surface area contributed by atoms with Crippen LogP contribution >= 0.6 is 0 Å². The van der Waals surface area contributed by atoms with Crippen molar-refractivity contribution in [1.29, 1.82) is 0 Å². The number of fused-ring (bicyclic) bond motifs is 2. The van der Waals surface area contributed by atoms with E-state index in [1.807, 2.05) is 9.80 Å². The first-order valence-electron chi connectivity index (χ1n) is 8.06. The molecule has 2 bridgehead atoms. The van der Waals surface area contributed by atoms with Crippen molar-refractivity contribution >= 4 is 12.0 Å². The predicted octanol–water partition coefficient (Wildman–Crippen LogP) is 1.28. The van der Waals surface area contributed by atoms with Crippen molar-refractivity contribution in [2.24, 2.45) is 5.92 Å². The quantitative estimate of drug-likeness (QED) is 0.801. The zero-order valence-corrected chi connectivity index (χ0v) is 12.3. The Morgan fingerprint density at radius 1 is 1.19 bits per heavy atom. The first kappa shape index (κ1) is 14.6. The van der Waals surface area contributed by atoms with Crippen molar-refractivity contribution < 1.29 is 19.8 Å². The van der Waals surface area contributed by atoms with Crippen LogP contribution in [0.4, 0.5) is 4.79 Å². The zero-order valence-electron chi connectivity index (χ0n) is 12.3. The highest BCUT2D eigenvalue weighted by molar-refractivity contribution is 5.79. The van der Waals surface area contributed by atoms with Crippen LogP contribution in [0.5, 0.6) is 0 Å². The Morgan fingerprint density at radius 3 is 2.48 bits per heavy atom. The Bertz CT molecular complexity index is 424. The molecule has 3 rings (SSSR count). The number of hydrogen-bond donors (Lipinski definition) is 2. The average molecular weight is 296 g/mol. The number of amides is 2. The van der Waals surface area contributed by atoms with Crippen LogP contribution in [0.15, 0.2) is 0 Å². The largest absolute Gasteiger partial charge is 0.481 e. The number of aliphatic hydroxyl groups is 1. The van der Waals surface area contributed by atoms with Gasteiger partial charge < -0.3 is 20.0 Å². The van der Waals surface area contributed by atoms with Gasteiger partial charge in [-0.05, 0) is 44.9 Å². The summed E-state index contributed by atoms with van der Waals surface area (Å²) in [5.74, 6) is -1.17. The van der Waals surface area contributed by atoms with Gasteiger partial charge in [-0.1, -0.05) is 0 Å². The molecule has 3 atom stereocenters. The third kappa shape index (κ3) is 2.50. The molecular weight excluding hydrogens is 272 g/mol. The van der Waals surface area contributed by atoms with Crippen molar-refractivity contribution in [2.75, 3.05) is 13.2 Å². The Hall–Kier alpha value is -1.30. The number of urea groups is 1. The molecule has 0 aromatic rings. The number of rotatable bonds is 5. The highest BCUT2D eigenvalue weighted by Crippen LogP contribution is 2.43. The summed E-state index contributed by atoms with van der Waals surface area (Å²) >= 11 is 0. The van der Waals surface area contributed by atoms with Crippen molar-refractivity contribution in [1.82, 2.24) is 9.80 Å². The molecule has 3 fully saturated rings. The molecular formula is C15H24N2O4. The van der Waals surface area contributed by atoms with Crippen LogP contribution in [-0.4, -0.2) is 63.3 Å². The maximum absolute atomic E-state index is 12.9. The van der Waals surface area contributed by atoms with Gasteiger partial charge in [-0.3, -0.25) is 4.79 Å². The summed E-state index contributed by atoms with van der Waals surface area (Å²) in [6.45, 7) is 0.661. The number of nitrogens with zero attached hydrogens (tertiary/aromatic N) is 2. The molecule has 0 aromatic heterocycles. The highest BCUT2D eigenvalue weighted by Gasteiger charge is 2.52. The van der Waals surface area contributed by atoms with Gasteiger partial charge in [0, 0.05) is 31.3 Å². The molecule has 2 heterocycles. The van der Waals surface area contributed by atoms with Crippen LogP contribution in [0, 0.1) is 5.92 Å². The fraction of sp³-hybridized carbons (Fsp3) is 0.867. The van der Waals surface area contributed by atoms with Crippen molar-refractivity contribution in [3.05, 3.63) is 0 Å². The second kappa shape index (κ2) is 5.83. The minimum atomic E-state index is -0.773. The van der Waals surface area contributed by atoms with Crippen molar-refractivity contribution in [3.63, 3.8) is 0 Å². The number of carboxylic acids is 1. The van der Waals surface area contributed by atoms with E-state index >= 15 is 0 Å². The van der Waals surface area contributed by atoms with Crippen LogP contribution in [-0.2, 0) is 4.79 Å². The predicted molar refractivity (Wildman–Crippen MR) is 75.8 cm³/mol. The molecule has 0 radical (unpaired) electrons. The van der Waals surface area contributed by atoms with Crippen LogP contribution in [0.1, 0.15) is 44.9 Å². The van der Waals surface area contributed by atoms with Crippen LogP contribution in [0.3, 0.4) is 0 Å². The minimum Gasteiger partial charge on any atom is -0.481 e. The molecule has 6 nitrogen and oxygen atoms in total. The third-order valence-electron chi connectivity index (χ3n) is 5.39. The van der Waals surface area contributed by atoms with Gasteiger partial charge >= 0.3 is 12.0 Å². The fourth-order valence-electron chi connectivity index (χ4n) is 4.07. The van der Waals surface area contributed by atoms with Gasteiger partial charge in [0.25, 0.3) is 0 Å². The summed E-state index contributed by atoms with van der Waals surface area (Å²) in [6.07, 6.45) is 6.15. The van der Waals surface area contributed by atoms with E-state index in [2.05, 4.69) is 0 Å². The summed E-state index contributed by atoms with van der Waals surface area (Å²) < 4.78 is 0. The third-order valence-corrected chi connectivity index (χ3v) is 5.39. The molecule has 21 heavy (non-hydrogen) atoms. The molecule has 2 N–H and O–H groups in total. The van der Waals surface area contributed by atoms with Gasteiger partial charge in [-0.15, -0.1) is 0 Å². The molecule has 2 amide bonds. The lowest BCUT2D eigenvalue weighted by Crippen LogP contribution is -2.52. The average Bonchev–Trinajstić information content (AvgIpc) is 2.98. The second-order valence-corrected chi connectivity index (χ2v) is 6.52. The second-order valence-electron chi connectivity index (χ2n) is 6.52. The van der Waals surface area contributed by atoms with Crippen molar-refractivity contribution in [3.8, 4) is 0 Å². The van der Waals surface area contributed by atoms with Crippen LogP contribution < -0.4 is 0 Å².